The molecule has 0 aromatic heterocycles. The standard InChI is InChI=1S/C18H20N2O5/c1-3-11-5-4-6-13(7-11)25-15-9-12(8-14(21)16(15)22)18(24)20-10(2)17(19)23/h1,4-7,9-10,14-16,21-22H,8H2,2H3,(H2,19,23)(H,20,24). The second-order valence-corrected chi connectivity index (χ2v) is 5.81. The zero-order valence-electron chi connectivity index (χ0n) is 13.7. The summed E-state index contributed by atoms with van der Waals surface area (Å²) in [4.78, 5) is 23.3. The molecule has 1 aliphatic carbocycles. The second-order valence-electron chi connectivity index (χ2n) is 5.81. The number of rotatable bonds is 5. The first-order valence-corrected chi connectivity index (χ1v) is 7.72. The van der Waals surface area contributed by atoms with Crippen LogP contribution in [-0.2, 0) is 9.59 Å². The highest BCUT2D eigenvalue weighted by molar-refractivity contribution is 5.96. The van der Waals surface area contributed by atoms with Gasteiger partial charge in [-0.25, -0.2) is 0 Å². The largest absolute Gasteiger partial charge is 0.483 e. The second kappa shape index (κ2) is 7.83. The van der Waals surface area contributed by atoms with Gasteiger partial charge in [0.05, 0.1) is 6.10 Å². The summed E-state index contributed by atoms with van der Waals surface area (Å²) in [5.41, 5.74) is 5.91. The van der Waals surface area contributed by atoms with E-state index in [9.17, 15) is 19.8 Å². The Balaban J connectivity index is 2.19. The first kappa shape index (κ1) is 18.5. The molecule has 4 atom stereocenters. The average molecular weight is 344 g/mol. The van der Waals surface area contributed by atoms with E-state index in [0.29, 0.717) is 11.3 Å². The van der Waals surface area contributed by atoms with Crippen molar-refractivity contribution in [2.24, 2.45) is 5.73 Å². The lowest BCUT2D eigenvalue weighted by Crippen LogP contribution is -2.47. The summed E-state index contributed by atoms with van der Waals surface area (Å²) in [5, 5.41) is 22.6. The molecule has 0 aliphatic heterocycles. The molecule has 1 aliphatic rings. The van der Waals surface area contributed by atoms with Crippen molar-refractivity contribution in [2.45, 2.75) is 37.7 Å². The molecular weight excluding hydrogens is 324 g/mol. The number of benzene rings is 1. The van der Waals surface area contributed by atoms with Gasteiger partial charge in [-0.2, -0.15) is 0 Å². The quantitative estimate of drug-likeness (QED) is 0.534. The van der Waals surface area contributed by atoms with Crippen molar-refractivity contribution in [3.05, 3.63) is 41.5 Å². The number of terminal acetylenes is 1. The number of nitrogens with one attached hydrogen (secondary N) is 1. The van der Waals surface area contributed by atoms with Gasteiger partial charge in [-0.1, -0.05) is 12.0 Å². The lowest BCUT2D eigenvalue weighted by molar-refractivity contribution is -0.125. The molecule has 1 aromatic carbocycles. The zero-order chi connectivity index (χ0) is 18.6. The fraction of sp³-hybridized carbons (Fsp3) is 0.333. The molecule has 132 valence electrons. The van der Waals surface area contributed by atoms with E-state index in [2.05, 4.69) is 11.2 Å². The van der Waals surface area contributed by atoms with Gasteiger partial charge in [0.25, 0.3) is 0 Å². The first-order valence-electron chi connectivity index (χ1n) is 7.72. The number of nitrogens with two attached hydrogens (primary N) is 1. The maximum atomic E-state index is 12.2. The summed E-state index contributed by atoms with van der Waals surface area (Å²) in [7, 11) is 0. The lowest BCUT2D eigenvalue weighted by atomic mass is 9.91. The van der Waals surface area contributed by atoms with Crippen LogP contribution in [0.3, 0.4) is 0 Å². The summed E-state index contributed by atoms with van der Waals surface area (Å²) in [6.45, 7) is 1.45. The van der Waals surface area contributed by atoms with Gasteiger partial charge in [0, 0.05) is 17.6 Å². The molecule has 2 amide bonds. The third-order valence-electron chi connectivity index (χ3n) is 3.86. The predicted octanol–water partition coefficient (Wildman–Crippen LogP) is -0.543. The van der Waals surface area contributed by atoms with Gasteiger partial charge in [0.2, 0.25) is 11.8 Å². The molecule has 0 spiro atoms. The van der Waals surface area contributed by atoms with Crippen molar-refractivity contribution >= 4 is 11.8 Å². The summed E-state index contributed by atoms with van der Waals surface area (Å²) >= 11 is 0. The fourth-order valence-electron chi connectivity index (χ4n) is 2.38. The Bertz CT molecular complexity index is 737. The molecule has 0 heterocycles. The van der Waals surface area contributed by atoms with E-state index < -0.39 is 36.2 Å². The predicted molar refractivity (Wildman–Crippen MR) is 90.3 cm³/mol. The van der Waals surface area contributed by atoms with Crippen LogP contribution in [0.4, 0.5) is 0 Å². The number of amides is 2. The van der Waals surface area contributed by atoms with Crippen LogP contribution >= 0.6 is 0 Å². The van der Waals surface area contributed by atoms with E-state index in [4.69, 9.17) is 16.9 Å². The molecule has 0 saturated heterocycles. The van der Waals surface area contributed by atoms with E-state index in [1.807, 2.05) is 0 Å². The van der Waals surface area contributed by atoms with Crippen molar-refractivity contribution in [3.8, 4) is 18.1 Å². The number of hydrogen-bond acceptors (Lipinski definition) is 5. The number of hydrogen-bond donors (Lipinski definition) is 4. The first-order chi connectivity index (χ1) is 11.8. The Morgan fingerprint density at radius 3 is 2.80 bits per heavy atom. The minimum atomic E-state index is -1.21. The molecule has 0 bridgehead atoms. The van der Waals surface area contributed by atoms with Gasteiger partial charge >= 0.3 is 0 Å². The van der Waals surface area contributed by atoms with Crippen LogP contribution in [0.5, 0.6) is 5.75 Å². The summed E-state index contributed by atoms with van der Waals surface area (Å²) in [6.07, 6.45) is 3.35. The van der Waals surface area contributed by atoms with Gasteiger partial charge in [-0.05, 0) is 31.2 Å². The molecule has 0 radical (unpaired) electrons. The molecule has 7 heteroatoms. The maximum absolute atomic E-state index is 12.2. The normalized spacial score (nSPS) is 23.8. The van der Waals surface area contributed by atoms with Gasteiger partial charge in [-0.3, -0.25) is 9.59 Å². The van der Waals surface area contributed by atoms with Gasteiger partial charge in [-0.15, -0.1) is 6.42 Å². The van der Waals surface area contributed by atoms with Crippen molar-refractivity contribution in [1.29, 1.82) is 0 Å². The minimum Gasteiger partial charge on any atom is -0.483 e. The Morgan fingerprint density at radius 1 is 1.44 bits per heavy atom. The van der Waals surface area contributed by atoms with E-state index in [0.717, 1.165) is 0 Å². The van der Waals surface area contributed by atoms with E-state index in [1.54, 1.807) is 24.3 Å². The van der Waals surface area contributed by atoms with E-state index >= 15 is 0 Å². The number of ether oxygens (including phenoxy) is 1. The summed E-state index contributed by atoms with van der Waals surface area (Å²) in [5.74, 6) is 1.64. The topological polar surface area (TPSA) is 122 Å². The highest BCUT2D eigenvalue weighted by Gasteiger charge is 2.34. The smallest absolute Gasteiger partial charge is 0.247 e. The molecule has 4 unspecified atom stereocenters. The lowest BCUT2D eigenvalue weighted by Gasteiger charge is -2.31. The van der Waals surface area contributed by atoms with Gasteiger partial charge in [0.15, 0.2) is 0 Å². The van der Waals surface area contributed by atoms with Crippen molar-refractivity contribution in [3.63, 3.8) is 0 Å². The molecular formula is C18H20N2O5. The third-order valence-corrected chi connectivity index (χ3v) is 3.86. The van der Waals surface area contributed by atoms with Crippen LogP contribution in [0.25, 0.3) is 0 Å². The van der Waals surface area contributed by atoms with Crippen molar-refractivity contribution in [1.82, 2.24) is 5.32 Å². The monoisotopic (exact) mass is 344 g/mol. The molecule has 1 aromatic rings. The van der Waals surface area contributed by atoms with Crippen LogP contribution in [0.2, 0.25) is 0 Å². The molecule has 0 saturated carbocycles. The van der Waals surface area contributed by atoms with Crippen LogP contribution in [0, 0.1) is 12.3 Å². The van der Waals surface area contributed by atoms with E-state index in [-0.39, 0.29) is 12.0 Å². The van der Waals surface area contributed by atoms with Crippen LogP contribution in [0.15, 0.2) is 35.9 Å². The molecule has 25 heavy (non-hydrogen) atoms. The Morgan fingerprint density at radius 2 is 2.16 bits per heavy atom. The highest BCUT2D eigenvalue weighted by Crippen LogP contribution is 2.24. The van der Waals surface area contributed by atoms with Gasteiger partial charge < -0.3 is 26.0 Å². The molecule has 5 N–H and O–H groups in total. The molecule has 0 fully saturated rings. The zero-order valence-corrected chi connectivity index (χ0v) is 13.7. The molecule has 7 nitrogen and oxygen atoms in total. The SMILES string of the molecule is C#Cc1cccc(OC2C=C(C(=O)NC(C)C(N)=O)CC(O)C2O)c1. The Kier molecular flexibility index (Phi) is 5.80. The molecule has 2 rings (SSSR count). The minimum absolute atomic E-state index is 0.0667. The number of carbonyl (C=O) groups excluding carboxylic acids is 2. The summed E-state index contributed by atoms with van der Waals surface area (Å²) in [6, 6.07) is 5.82. The average Bonchev–Trinajstić information content (AvgIpc) is 2.58. The number of carbonyl (C=O) groups is 2. The third kappa shape index (κ3) is 4.59. The summed E-state index contributed by atoms with van der Waals surface area (Å²) < 4.78 is 5.66. The van der Waals surface area contributed by atoms with Crippen LogP contribution in [-0.4, -0.2) is 46.4 Å². The van der Waals surface area contributed by atoms with Gasteiger partial charge in [0.1, 0.15) is 24.0 Å². The van der Waals surface area contributed by atoms with Crippen molar-refractivity contribution < 1.29 is 24.5 Å². The van der Waals surface area contributed by atoms with E-state index in [1.165, 1.54) is 13.0 Å². The van der Waals surface area contributed by atoms with Crippen LogP contribution < -0.4 is 15.8 Å². The van der Waals surface area contributed by atoms with Crippen LogP contribution in [0.1, 0.15) is 18.9 Å². The Labute approximate surface area is 145 Å². The Hall–Kier alpha value is -2.82. The number of aliphatic hydroxyl groups is 2. The maximum Gasteiger partial charge on any atom is 0.247 e. The number of primary amides is 1. The number of aliphatic hydroxyl groups excluding tert-OH is 2. The highest BCUT2D eigenvalue weighted by atomic mass is 16.5. The fourth-order valence-corrected chi connectivity index (χ4v) is 2.38. The van der Waals surface area contributed by atoms with Crippen molar-refractivity contribution in [2.75, 3.05) is 0 Å².